The number of aryl methyl sites for hydroxylation is 1. The molecule has 1 aliphatic heterocycles. The third-order valence-electron chi connectivity index (χ3n) is 3.82. The molecule has 2 amide bonds. The van der Waals surface area contributed by atoms with Gasteiger partial charge in [0.25, 0.3) is 0 Å². The summed E-state index contributed by atoms with van der Waals surface area (Å²) in [6, 6.07) is -0.554. The minimum Gasteiger partial charge on any atom is -0.381 e. The first kappa shape index (κ1) is 18.7. The quantitative estimate of drug-likeness (QED) is 0.700. The van der Waals surface area contributed by atoms with E-state index in [4.69, 9.17) is 14.0 Å². The van der Waals surface area contributed by atoms with Crippen LogP contribution in [-0.4, -0.2) is 49.1 Å². The number of ether oxygens (including phenoxy) is 2. The molecule has 1 aromatic heterocycles. The first-order valence-electron chi connectivity index (χ1n) is 8.56. The lowest BCUT2D eigenvalue weighted by Crippen LogP contribution is -2.43. The molecule has 1 saturated heterocycles. The summed E-state index contributed by atoms with van der Waals surface area (Å²) in [4.78, 5) is 16.5. The monoisotopic (exact) mass is 340 g/mol. The molecule has 0 bridgehead atoms. The van der Waals surface area contributed by atoms with Gasteiger partial charge in [-0.25, -0.2) is 4.79 Å². The number of carbonyl (C=O) groups is 1. The first-order chi connectivity index (χ1) is 11.6. The molecule has 1 atom stereocenters. The van der Waals surface area contributed by atoms with Crippen LogP contribution in [-0.2, 0) is 9.47 Å². The van der Waals surface area contributed by atoms with Gasteiger partial charge in [0.2, 0.25) is 5.89 Å². The van der Waals surface area contributed by atoms with E-state index >= 15 is 0 Å². The number of hydrogen-bond donors (Lipinski definition) is 2. The fourth-order valence-electron chi connectivity index (χ4n) is 2.62. The molecule has 0 unspecified atom stereocenters. The zero-order valence-electron chi connectivity index (χ0n) is 14.7. The molecule has 24 heavy (non-hydrogen) atoms. The van der Waals surface area contributed by atoms with Gasteiger partial charge >= 0.3 is 6.03 Å². The number of rotatable bonds is 8. The molecule has 1 fully saturated rings. The molecule has 8 nitrogen and oxygen atoms in total. The van der Waals surface area contributed by atoms with E-state index in [1.807, 2.05) is 0 Å². The highest BCUT2D eigenvalue weighted by Crippen LogP contribution is 2.29. The standard InChI is InChI=1S/C16H28N4O4/c1-11(2)10-23-9-6-17-16(21)19-14(13-4-7-22-8-5-13)15-18-12(3)20-24-15/h11,13-14H,4-10H2,1-3H3,(H2,17,19,21)/t14-/m1/s1. The Morgan fingerprint density at radius 3 is 2.75 bits per heavy atom. The Labute approximate surface area is 142 Å². The normalized spacial score (nSPS) is 17.0. The van der Waals surface area contributed by atoms with E-state index in [-0.39, 0.29) is 18.0 Å². The lowest BCUT2D eigenvalue weighted by atomic mass is 9.91. The van der Waals surface area contributed by atoms with Crippen molar-refractivity contribution in [2.75, 3.05) is 33.0 Å². The van der Waals surface area contributed by atoms with Crippen molar-refractivity contribution in [2.45, 2.75) is 39.7 Å². The minimum atomic E-state index is -0.299. The maximum atomic E-state index is 12.2. The Bertz CT molecular complexity index is 500. The van der Waals surface area contributed by atoms with Gasteiger partial charge in [-0.2, -0.15) is 4.98 Å². The highest BCUT2D eigenvalue weighted by molar-refractivity contribution is 5.74. The number of carbonyl (C=O) groups excluding carboxylic acids is 1. The van der Waals surface area contributed by atoms with Crippen LogP contribution < -0.4 is 10.6 Å². The predicted octanol–water partition coefficient (Wildman–Crippen LogP) is 1.82. The zero-order chi connectivity index (χ0) is 17.4. The SMILES string of the molecule is Cc1noc([C@H](NC(=O)NCCOCC(C)C)C2CCOCC2)n1. The summed E-state index contributed by atoms with van der Waals surface area (Å²) >= 11 is 0. The Kier molecular flexibility index (Phi) is 7.45. The van der Waals surface area contributed by atoms with Crippen molar-refractivity contribution in [1.82, 2.24) is 20.8 Å². The number of aromatic nitrogens is 2. The van der Waals surface area contributed by atoms with Crippen LogP contribution in [0.5, 0.6) is 0 Å². The van der Waals surface area contributed by atoms with Crippen LogP contribution in [0.3, 0.4) is 0 Å². The second-order valence-electron chi connectivity index (χ2n) is 6.48. The van der Waals surface area contributed by atoms with Crippen LogP contribution in [0.4, 0.5) is 4.79 Å². The average molecular weight is 340 g/mol. The Hall–Kier alpha value is -1.67. The molecule has 0 aliphatic carbocycles. The van der Waals surface area contributed by atoms with Crippen molar-refractivity contribution in [3.63, 3.8) is 0 Å². The number of nitrogens with one attached hydrogen (secondary N) is 2. The van der Waals surface area contributed by atoms with E-state index in [9.17, 15) is 4.79 Å². The molecule has 8 heteroatoms. The number of nitrogens with zero attached hydrogens (tertiary/aromatic N) is 2. The first-order valence-corrected chi connectivity index (χ1v) is 8.56. The van der Waals surface area contributed by atoms with E-state index in [0.717, 1.165) is 12.8 Å². The highest BCUT2D eigenvalue weighted by atomic mass is 16.5. The van der Waals surface area contributed by atoms with E-state index in [0.29, 0.717) is 50.6 Å². The Balaban J connectivity index is 1.84. The van der Waals surface area contributed by atoms with Gasteiger partial charge in [0.1, 0.15) is 6.04 Å². The van der Waals surface area contributed by atoms with Crippen LogP contribution in [0.15, 0.2) is 4.52 Å². The molecule has 1 aromatic rings. The second kappa shape index (κ2) is 9.58. The summed E-state index contributed by atoms with van der Waals surface area (Å²) in [7, 11) is 0. The number of urea groups is 1. The van der Waals surface area contributed by atoms with Crippen LogP contribution in [0.2, 0.25) is 0 Å². The Morgan fingerprint density at radius 2 is 2.12 bits per heavy atom. The van der Waals surface area contributed by atoms with Crippen LogP contribution in [0.25, 0.3) is 0 Å². The summed E-state index contributed by atoms with van der Waals surface area (Å²) in [6.07, 6.45) is 1.70. The fourth-order valence-corrected chi connectivity index (χ4v) is 2.62. The molecule has 136 valence electrons. The van der Waals surface area contributed by atoms with Gasteiger partial charge in [0.15, 0.2) is 5.82 Å². The molecule has 0 radical (unpaired) electrons. The van der Waals surface area contributed by atoms with Crippen molar-refractivity contribution >= 4 is 6.03 Å². The molecular formula is C16H28N4O4. The smallest absolute Gasteiger partial charge is 0.315 e. The third kappa shape index (κ3) is 6.09. The van der Waals surface area contributed by atoms with Gasteiger partial charge in [-0.05, 0) is 31.6 Å². The zero-order valence-corrected chi connectivity index (χ0v) is 14.7. The van der Waals surface area contributed by atoms with Gasteiger partial charge in [-0.3, -0.25) is 0 Å². The molecule has 0 aromatic carbocycles. The fraction of sp³-hybridized carbons (Fsp3) is 0.812. The van der Waals surface area contributed by atoms with E-state index in [1.165, 1.54) is 0 Å². The summed E-state index contributed by atoms with van der Waals surface area (Å²) < 4.78 is 16.1. The molecule has 0 spiro atoms. The second-order valence-corrected chi connectivity index (χ2v) is 6.48. The molecule has 2 N–H and O–H groups in total. The van der Waals surface area contributed by atoms with Gasteiger partial charge in [0, 0.05) is 26.4 Å². The van der Waals surface area contributed by atoms with Gasteiger partial charge in [0.05, 0.1) is 6.61 Å². The number of hydrogen-bond acceptors (Lipinski definition) is 6. The van der Waals surface area contributed by atoms with Gasteiger partial charge in [-0.1, -0.05) is 19.0 Å². The van der Waals surface area contributed by atoms with E-state index < -0.39 is 0 Å². The average Bonchev–Trinajstić information content (AvgIpc) is 2.99. The molecule has 1 aliphatic rings. The predicted molar refractivity (Wildman–Crippen MR) is 87.5 cm³/mol. The highest BCUT2D eigenvalue weighted by Gasteiger charge is 2.31. The Morgan fingerprint density at radius 1 is 1.38 bits per heavy atom. The lowest BCUT2D eigenvalue weighted by Gasteiger charge is -2.28. The number of amides is 2. The maximum Gasteiger partial charge on any atom is 0.315 e. The summed E-state index contributed by atoms with van der Waals surface area (Å²) in [5.41, 5.74) is 0. The van der Waals surface area contributed by atoms with Gasteiger partial charge in [-0.15, -0.1) is 0 Å². The van der Waals surface area contributed by atoms with Crippen molar-refractivity contribution in [2.24, 2.45) is 11.8 Å². The molecular weight excluding hydrogens is 312 g/mol. The largest absolute Gasteiger partial charge is 0.381 e. The van der Waals surface area contributed by atoms with Crippen LogP contribution in [0.1, 0.15) is 44.4 Å². The third-order valence-corrected chi connectivity index (χ3v) is 3.82. The maximum absolute atomic E-state index is 12.2. The summed E-state index contributed by atoms with van der Waals surface area (Å²) in [5.74, 6) is 1.72. The van der Waals surface area contributed by atoms with Gasteiger partial charge < -0.3 is 24.6 Å². The summed E-state index contributed by atoms with van der Waals surface area (Å²) in [6.45, 7) is 8.95. The topological polar surface area (TPSA) is 98.5 Å². The van der Waals surface area contributed by atoms with Crippen molar-refractivity contribution in [3.8, 4) is 0 Å². The van der Waals surface area contributed by atoms with Crippen LogP contribution >= 0.6 is 0 Å². The molecule has 0 saturated carbocycles. The molecule has 2 heterocycles. The van der Waals surface area contributed by atoms with E-state index in [2.05, 4.69) is 34.6 Å². The minimum absolute atomic E-state index is 0.224. The van der Waals surface area contributed by atoms with Crippen molar-refractivity contribution in [3.05, 3.63) is 11.7 Å². The van der Waals surface area contributed by atoms with Crippen molar-refractivity contribution < 1.29 is 18.8 Å². The summed E-state index contributed by atoms with van der Waals surface area (Å²) in [5, 5.41) is 9.60. The molecule has 2 rings (SSSR count). The lowest BCUT2D eigenvalue weighted by molar-refractivity contribution is 0.0502. The van der Waals surface area contributed by atoms with E-state index in [1.54, 1.807) is 6.92 Å². The van der Waals surface area contributed by atoms with Crippen LogP contribution in [0, 0.1) is 18.8 Å². The van der Waals surface area contributed by atoms with Crippen molar-refractivity contribution in [1.29, 1.82) is 0 Å².